The number of carbonyl (C=O) groups is 1. The summed E-state index contributed by atoms with van der Waals surface area (Å²) >= 11 is 0. The molecule has 0 aliphatic rings. The van der Waals surface area contributed by atoms with Gasteiger partial charge in [0.2, 0.25) is 5.91 Å². The van der Waals surface area contributed by atoms with Crippen LogP contribution in [0.25, 0.3) is 6.08 Å². The van der Waals surface area contributed by atoms with Gasteiger partial charge in [0.05, 0.1) is 17.9 Å². The molecule has 0 saturated carbocycles. The van der Waals surface area contributed by atoms with Gasteiger partial charge in [-0.15, -0.1) is 0 Å². The van der Waals surface area contributed by atoms with Crippen molar-refractivity contribution in [1.29, 1.82) is 0 Å². The Balaban J connectivity index is 1.74. The summed E-state index contributed by atoms with van der Waals surface area (Å²) in [7, 11) is 0. The van der Waals surface area contributed by atoms with E-state index in [-0.39, 0.29) is 11.6 Å². The predicted molar refractivity (Wildman–Crippen MR) is 111 cm³/mol. The number of hydrogen-bond donors (Lipinski definition) is 1. The number of carbonyl (C=O) groups excluding carboxylic acids is 1. The topological polar surface area (TPSA) is 46.9 Å². The standard InChI is InChI=1S/C23H24FN3O/c1-15-5-8-19(9-6-15)14-27-18(4)20(17(3)26-27)10-12-23(28)25-22-13-16(2)7-11-21(22)24/h5-13H,14H2,1-4H3,(H,25,28)/b12-10+. The molecule has 1 N–H and O–H groups in total. The number of aryl methyl sites for hydroxylation is 3. The van der Waals surface area contributed by atoms with E-state index in [0.717, 1.165) is 22.5 Å². The van der Waals surface area contributed by atoms with Crippen LogP contribution in [-0.4, -0.2) is 15.7 Å². The second-order valence-corrected chi connectivity index (χ2v) is 7.03. The van der Waals surface area contributed by atoms with Gasteiger partial charge in [0, 0.05) is 17.3 Å². The molecule has 28 heavy (non-hydrogen) atoms. The number of nitrogens with one attached hydrogen (secondary N) is 1. The molecule has 4 nitrogen and oxygen atoms in total. The smallest absolute Gasteiger partial charge is 0.248 e. The third kappa shape index (κ3) is 4.55. The van der Waals surface area contributed by atoms with E-state index in [0.29, 0.717) is 6.54 Å². The van der Waals surface area contributed by atoms with Gasteiger partial charge < -0.3 is 5.32 Å². The van der Waals surface area contributed by atoms with Gasteiger partial charge in [-0.25, -0.2) is 4.39 Å². The van der Waals surface area contributed by atoms with Gasteiger partial charge in [-0.1, -0.05) is 35.9 Å². The predicted octanol–water partition coefficient (Wildman–Crippen LogP) is 4.96. The van der Waals surface area contributed by atoms with Crippen LogP contribution >= 0.6 is 0 Å². The van der Waals surface area contributed by atoms with Crippen LogP contribution in [0.1, 0.15) is 33.6 Å². The number of amides is 1. The lowest BCUT2D eigenvalue weighted by atomic mass is 10.1. The van der Waals surface area contributed by atoms with E-state index in [1.165, 1.54) is 23.3 Å². The minimum atomic E-state index is -0.453. The van der Waals surface area contributed by atoms with Gasteiger partial charge in [0.15, 0.2) is 0 Å². The molecule has 0 bridgehead atoms. The summed E-state index contributed by atoms with van der Waals surface area (Å²) < 4.78 is 15.7. The van der Waals surface area contributed by atoms with E-state index in [2.05, 4.69) is 41.6 Å². The molecular weight excluding hydrogens is 353 g/mol. The normalized spacial score (nSPS) is 11.2. The van der Waals surface area contributed by atoms with Crippen molar-refractivity contribution in [2.45, 2.75) is 34.2 Å². The molecule has 0 aliphatic carbocycles. The lowest BCUT2D eigenvalue weighted by molar-refractivity contribution is -0.111. The van der Waals surface area contributed by atoms with Crippen LogP contribution in [0, 0.1) is 33.5 Å². The summed E-state index contributed by atoms with van der Waals surface area (Å²) in [4.78, 5) is 12.2. The van der Waals surface area contributed by atoms with Gasteiger partial charge in [0.25, 0.3) is 0 Å². The van der Waals surface area contributed by atoms with Crippen molar-refractivity contribution in [3.8, 4) is 0 Å². The molecule has 0 atom stereocenters. The van der Waals surface area contributed by atoms with E-state index in [1.807, 2.05) is 25.5 Å². The summed E-state index contributed by atoms with van der Waals surface area (Å²) in [6.07, 6.45) is 3.14. The molecule has 0 fully saturated rings. The van der Waals surface area contributed by atoms with Gasteiger partial charge in [-0.2, -0.15) is 5.10 Å². The summed E-state index contributed by atoms with van der Waals surface area (Å²) in [5.41, 5.74) is 6.16. The molecule has 1 heterocycles. The molecule has 0 aliphatic heterocycles. The maximum Gasteiger partial charge on any atom is 0.248 e. The molecule has 0 radical (unpaired) electrons. The van der Waals surface area contributed by atoms with Crippen molar-refractivity contribution in [2.75, 3.05) is 5.32 Å². The second kappa shape index (κ2) is 8.21. The van der Waals surface area contributed by atoms with Crippen molar-refractivity contribution in [3.63, 3.8) is 0 Å². The Labute approximate surface area is 164 Å². The average Bonchev–Trinajstić information content (AvgIpc) is 2.91. The van der Waals surface area contributed by atoms with E-state index < -0.39 is 5.82 Å². The lowest BCUT2D eigenvalue weighted by Gasteiger charge is -2.06. The highest BCUT2D eigenvalue weighted by atomic mass is 19.1. The minimum absolute atomic E-state index is 0.179. The van der Waals surface area contributed by atoms with Crippen LogP contribution in [0.4, 0.5) is 10.1 Å². The Morgan fingerprint density at radius 1 is 1.07 bits per heavy atom. The molecule has 5 heteroatoms. The monoisotopic (exact) mass is 377 g/mol. The zero-order valence-electron chi connectivity index (χ0n) is 16.6. The van der Waals surface area contributed by atoms with Crippen LogP contribution in [0.3, 0.4) is 0 Å². The Morgan fingerprint density at radius 3 is 2.46 bits per heavy atom. The van der Waals surface area contributed by atoms with Crippen molar-refractivity contribution in [2.24, 2.45) is 0 Å². The number of rotatable bonds is 5. The highest BCUT2D eigenvalue weighted by Crippen LogP contribution is 2.18. The Bertz CT molecular complexity index is 1030. The first-order valence-electron chi connectivity index (χ1n) is 9.18. The van der Waals surface area contributed by atoms with E-state index in [9.17, 15) is 9.18 Å². The SMILES string of the molecule is Cc1ccc(Cn2nc(C)c(/C=C/C(=O)Nc3cc(C)ccc3F)c2C)cc1. The largest absolute Gasteiger partial charge is 0.320 e. The van der Waals surface area contributed by atoms with Gasteiger partial charge in [-0.05, 0) is 57.0 Å². The zero-order valence-corrected chi connectivity index (χ0v) is 16.6. The summed E-state index contributed by atoms with van der Waals surface area (Å²) in [6, 6.07) is 13.0. The van der Waals surface area contributed by atoms with Gasteiger partial charge in [-0.3, -0.25) is 9.48 Å². The van der Waals surface area contributed by atoms with Crippen LogP contribution in [0.15, 0.2) is 48.5 Å². The average molecular weight is 377 g/mol. The van der Waals surface area contributed by atoms with Crippen molar-refractivity contribution >= 4 is 17.7 Å². The van der Waals surface area contributed by atoms with Crippen LogP contribution in [0.2, 0.25) is 0 Å². The number of halogens is 1. The molecule has 1 aromatic heterocycles. The number of benzene rings is 2. The molecule has 0 unspecified atom stereocenters. The summed E-state index contributed by atoms with van der Waals surface area (Å²) in [5, 5.41) is 7.17. The summed E-state index contributed by atoms with van der Waals surface area (Å²) in [6.45, 7) is 8.47. The molecule has 3 rings (SSSR count). The molecule has 0 spiro atoms. The van der Waals surface area contributed by atoms with E-state index >= 15 is 0 Å². The molecule has 144 valence electrons. The maximum absolute atomic E-state index is 13.8. The number of anilines is 1. The zero-order chi connectivity index (χ0) is 20.3. The first-order valence-corrected chi connectivity index (χ1v) is 9.18. The van der Waals surface area contributed by atoms with E-state index in [4.69, 9.17) is 0 Å². The molecule has 1 amide bonds. The lowest BCUT2D eigenvalue weighted by Crippen LogP contribution is -2.09. The Kier molecular flexibility index (Phi) is 5.73. The minimum Gasteiger partial charge on any atom is -0.320 e. The molecular formula is C23H24FN3O. The first kappa shape index (κ1) is 19.5. The molecule has 2 aromatic carbocycles. The fourth-order valence-electron chi connectivity index (χ4n) is 3.04. The number of hydrogen-bond acceptors (Lipinski definition) is 2. The van der Waals surface area contributed by atoms with E-state index in [1.54, 1.807) is 18.2 Å². The highest BCUT2D eigenvalue weighted by molar-refractivity contribution is 6.02. The first-order chi connectivity index (χ1) is 13.3. The van der Waals surface area contributed by atoms with Crippen LogP contribution < -0.4 is 5.32 Å². The van der Waals surface area contributed by atoms with Crippen LogP contribution in [0.5, 0.6) is 0 Å². The van der Waals surface area contributed by atoms with Crippen LogP contribution in [-0.2, 0) is 11.3 Å². The molecule has 0 saturated heterocycles. The third-order valence-corrected chi connectivity index (χ3v) is 4.67. The Hall–Kier alpha value is -3.21. The number of aromatic nitrogens is 2. The number of nitrogens with zero attached hydrogens (tertiary/aromatic N) is 2. The van der Waals surface area contributed by atoms with Crippen molar-refractivity contribution in [1.82, 2.24) is 9.78 Å². The van der Waals surface area contributed by atoms with Gasteiger partial charge >= 0.3 is 0 Å². The summed E-state index contributed by atoms with van der Waals surface area (Å²) in [5.74, 6) is -0.833. The highest BCUT2D eigenvalue weighted by Gasteiger charge is 2.11. The Morgan fingerprint density at radius 2 is 1.75 bits per heavy atom. The fraction of sp³-hybridized carbons (Fsp3) is 0.217. The quantitative estimate of drug-likeness (QED) is 0.639. The van der Waals surface area contributed by atoms with Gasteiger partial charge in [0.1, 0.15) is 5.82 Å². The maximum atomic E-state index is 13.8. The fourth-order valence-corrected chi connectivity index (χ4v) is 3.04. The van der Waals surface area contributed by atoms with Crippen molar-refractivity contribution < 1.29 is 9.18 Å². The second-order valence-electron chi connectivity index (χ2n) is 7.03. The third-order valence-electron chi connectivity index (χ3n) is 4.67. The van der Waals surface area contributed by atoms with Crippen molar-refractivity contribution in [3.05, 3.63) is 88.0 Å². The molecule has 3 aromatic rings.